The molecule has 0 fully saturated rings. The Hall–Kier alpha value is -1.46. The summed E-state index contributed by atoms with van der Waals surface area (Å²) in [4.78, 5) is 1.79. The average Bonchev–Trinajstić information content (AvgIpc) is 2.37. The third-order valence-corrected chi connectivity index (χ3v) is 5.26. The van der Waals surface area contributed by atoms with Crippen molar-refractivity contribution in [1.82, 2.24) is 0 Å². The van der Waals surface area contributed by atoms with Crippen LogP contribution in [0.15, 0.2) is 74.2 Å². The van der Waals surface area contributed by atoms with Crippen molar-refractivity contribution >= 4 is 20.7 Å². The van der Waals surface area contributed by atoms with Gasteiger partial charge in [-0.15, -0.1) is 3.77 Å². The van der Waals surface area contributed by atoms with Crippen LogP contribution in [0.2, 0.25) is 0 Å². The van der Waals surface area contributed by atoms with Crippen molar-refractivity contribution in [2.45, 2.75) is 9.79 Å². The van der Waals surface area contributed by atoms with E-state index in [4.69, 9.17) is 0 Å². The highest BCUT2D eigenvalue weighted by Gasteiger charge is 2.08. The molecule has 5 heteroatoms. The highest BCUT2D eigenvalue weighted by Crippen LogP contribution is 2.19. The van der Waals surface area contributed by atoms with Gasteiger partial charge in [-0.25, -0.2) is 8.42 Å². The maximum atomic E-state index is 11.4. The fourth-order valence-corrected chi connectivity index (χ4v) is 4.33. The van der Waals surface area contributed by atoms with Gasteiger partial charge in [0.1, 0.15) is 0 Å². The molecule has 0 bridgehead atoms. The summed E-state index contributed by atoms with van der Waals surface area (Å²) in [7, 11) is -4.17. The van der Waals surface area contributed by atoms with Gasteiger partial charge in [-0.05, 0) is 35.0 Å². The first-order valence-electron chi connectivity index (χ1n) is 5.34. The lowest BCUT2D eigenvalue weighted by Crippen LogP contribution is -1.98. The van der Waals surface area contributed by atoms with Gasteiger partial charge in [-0.1, -0.05) is 36.4 Å². The van der Waals surface area contributed by atoms with Gasteiger partial charge in [0, 0.05) is 9.79 Å². The Labute approximate surface area is 110 Å². The van der Waals surface area contributed by atoms with E-state index in [0.29, 0.717) is 0 Å². The monoisotopic (exact) mass is 279 g/mol. The predicted octanol–water partition coefficient (Wildman–Crippen LogP) is 2.87. The first-order chi connectivity index (χ1) is 8.56. The Bertz CT molecular complexity index is 608. The topological polar surface area (TPSA) is 46.5 Å². The highest BCUT2D eigenvalue weighted by molar-refractivity contribution is 7.99. The SMILES string of the molecule is CS(=O)(=O)N=S(c1ccccc1)c1ccccc1. The molecule has 94 valence electrons. The molecule has 0 heterocycles. The summed E-state index contributed by atoms with van der Waals surface area (Å²) in [5.41, 5.74) is 0. The number of rotatable bonds is 3. The van der Waals surface area contributed by atoms with Gasteiger partial charge >= 0.3 is 0 Å². The molecule has 0 aromatic heterocycles. The fraction of sp³-hybridized carbons (Fsp3) is 0.0769. The predicted molar refractivity (Wildman–Crippen MR) is 74.1 cm³/mol. The van der Waals surface area contributed by atoms with E-state index in [1.807, 2.05) is 60.7 Å². The van der Waals surface area contributed by atoms with Crippen molar-refractivity contribution < 1.29 is 8.42 Å². The van der Waals surface area contributed by atoms with E-state index in [2.05, 4.69) is 3.77 Å². The van der Waals surface area contributed by atoms with Crippen LogP contribution in [0.5, 0.6) is 0 Å². The van der Waals surface area contributed by atoms with Gasteiger partial charge < -0.3 is 0 Å². The Kier molecular flexibility index (Phi) is 3.93. The molecule has 0 saturated carbocycles. The van der Waals surface area contributed by atoms with Crippen LogP contribution in [0.1, 0.15) is 0 Å². The smallest absolute Gasteiger partial charge is 0.204 e. The lowest BCUT2D eigenvalue weighted by molar-refractivity contribution is 0.604. The molecule has 0 saturated heterocycles. The highest BCUT2D eigenvalue weighted by atomic mass is 32.3. The molecule has 0 spiro atoms. The van der Waals surface area contributed by atoms with Crippen LogP contribution in [-0.4, -0.2) is 14.7 Å². The van der Waals surface area contributed by atoms with Gasteiger partial charge in [0.05, 0.1) is 6.26 Å². The van der Waals surface area contributed by atoms with Gasteiger partial charge in [0.15, 0.2) is 0 Å². The Balaban J connectivity index is 2.60. The van der Waals surface area contributed by atoms with Crippen molar-refractivity contribution in [2.24, 2.45) is 3.77 Å². The second kappa shape index (κ2) is 5.46. The molecule has 0 aliphatic heterocycles. The molecule has 0 aliphatic carbocycles. The minimum Gasteiger partial charge on any atom is -0.204 e. The molecular formula is C13H13NO2S2. The lowest BCUT2D eigenvalue weighted by atomic mass is 10.4. The molecule has 2 rings (SSSR count). The standard InChI is InChI=1S/C13H13NO2S2/c1-18(15,16)14-17(12-8-4-2-5-9-12)13-10-6-3-7-11-13/h2-11H,1H3. The van der Waals surface area contributed by atoms with Crippen molar-refractivity contribution in [3.63, 3.8) is 0 Å². The minimum absolute atomic E-state index is 0.784. The molecule has 0 atom stereocenters. The van der Waals surface area contributed by atoms with E-state index in [0.717, 1.165) is 16.0 Å². The summed E-state index contributed by atoms with van der Waals surface area (Å²) in [6.45, 7) is 0. The number of hydrogen-bond donors (Lipinski definition) is 0. The zero-order valence-corrected chi connectivity index (χ0v) is 11.5. The Morgan fingerprint density at radius 3 is 1.56 bits per heavy atom. The number of nitrogens with zero attached hydrogens (tertiary/aromatic N) is 1. The van der Waals surface area contributed by atoms with Crippen LogP contribution in [0.3, 0.4) is 0 Å². The maximum Gasteiger partial charge on any atom is 0.256 e. The Morgan fingerprint density at radius 1 is 0.833 bits per heavy atom. The number of benzene rings is 2. The van der Waals surface area contributed by atoms with E-state index in [1.165, 1.54) is 0 Å². The molecule has 3 nitrogen and oxygen atoms in total. The maximum absolute atomic E-state index is 11.4. The van der Waals surface area contributed by atoms with Crippen molar-refractivity contribution in [3.05, 3.63) is 60.7 Å². The zero-order chi connectivity index (χ0) is 13.0. The third-order valence-electron chi connectivity index (χ3n) is 2.14. The minimum atomic E-state index is -3.38. The molecule has 18 heavy (non-hydrogen) atoms. The van der Waals surface area contributed by atoms with Crippen LogP contribution in [0, 0.1) is 0 Å². The number of sulfonamides is 1. The summed E-state index contributed by atoms with van der Waals surface area (Å²) in [5.74, 6) is 0. The first-order valence-corrected chi connectivity index (χ1v) is 8.37. The van der Waals surface area contributed by atoms with E-state index < -0.39 is 20.7 Å². The molecule has 0 aliphatic rings. The van der Waals surface area contributed by atoms with Crippen molar-refractivity contribution in [3.8, 4) is 0 Å². The lowest BCUT2D eigenvalue weighted by Gasteiger charge is -2.07. The normalized spacial score (nSPS) is 11.4. The van der Waals surface area contributed by atoms with Gasteiger partial charge in [0.2, 0.25) is 0 Å². The molecule has 0 radical (unpaired) electrons. The van der Waals surface area contributed by atoms with E-state index >= 15 is 0 Å². The average molecular weight is 279 g/mol. The van der Waals surface area contributed by atoms with E-state index in [9.17, 15) is 8.42 Å². The van der Waals surface area contributed by atoms with Crippen LogP contribution in [0.25, 0.3) is 0 Å². The number of hydrogen-bond acceptors (Lipinski definition) is 2. The molecule has 0 amide bonds. The molecule has 2 aromatic carbocycles. The van der Waals surface area contributed by atoms with Crippen molar-refractivity contribution in [1.29, 1.82) is 0 Å². The summed E-state index contributed by atoms with van der Waals surface area (Å²) in [6.07, 6.45) is 1.12. The quantitative estimate of drug-likeness (QED) is 0.867. The molecule has 0 unspecified atom stereocenters. The molecule has 0 N–H and O–H groups in total. The summed E-state index contributed by atoms with van der Waals surface area (Å²) < 4.78 is 26.8. The fourth-order valence-electron chi connectivity index (χ4n) is 1.46. The summed E-state index contributed by atoms with van der Waals surface area (Å²) >= 11 is 0. The second-order valence-electron chi connectivity index (χ2n) is 3.72. The second-order valence-corrected chi connectivity index (χ2v) is 7.29. The van der Waals surface area contributed by atoms with E-state index in [-0.39, 0.29) is 0 Å². The largest absolute Gasteiger partial charge is 0.256 e. The van der Waals surface area contributed by atoms with Crippen LogP contribution >= 0.6 is 0 Å². The van der Waals surface area contributed by atoms with Gasteiger partial charge in [-0.2, -0.15) is 0 Å². The third kappa shape index (κ3) is 3.51. The van der Waals surface area contributed by atoms with Crippen LogP contribution in [-0.2, 0) is 20.7 Å². The van der Waals surface area contributed by atoms with Gasteiger partial charge in [-0.3, -0.25) is 0 Å². The molecule has 2 aromatic rings. The molecular weight excluding hydrogens is 266 g/mol. The van der Waals surface area contributed by atoms with E-state index in [1.54, 1.807) is 0 Å². The summed E-state index contributed by atoms with van der Waals surface area (Å²) in [5, 5.41) is 0. The summed E-state index contributed by atoms with van der Waals surface area (Å²) in [6, 6.07) is 18.9. The first kappa shape index (κ1) is 13.0. The van der Waals surface area contributed by atoms with Crippen LogP contribution in [0.4, 0.5) is 0 Å². The van der Waals surface area contributed by atoms with Crippen LogP contribution < -0.4 is 0 Å². The van der Waals surface area contributed by atoms with Crippen molar-refractivity contribution in [2.75, 3.05) is 6.26 Å². The zero-order valence-electron chi connectivity index (χ0n) is 9.85. The van der Waals surface area contributed by atoms with Gasteiger partial charge in [0.25, 0.3) is 10.0 Å². The Morgan fingerprint density at radius 2 is 1.22 bits per heavy atom.